The maximum atomic E-state index is 8.63. The zero-order valence-electron chi connectivity index (χ0n) is 49.7. The number of hydrogen-bond acceptors (Lipinski definition) is 11. The van der Waals surface area contributed by atoms with E-state index in [0.717, 1.165) is 43.2 Å². The van der Waals surface area contributed by atoms with Gasteiger partial charge in [-0.1, -0.05) is 231 Å². The molecule has 0 amide bonds. The van der Waals surface area contributed by atoms with Gasteiger partial charge in [-0.2, -0.15) is 0 Å². The van der Waals surface area contributed by atoms with Crippen LogP contribution in [0, 0.1) is 24.2 Å². The highest BCUT2D eigenvalue weighted by atomic mass is 127. The lowest BCUT2D eigenvalue weighted by molar-refractivity contribution is 0.152. The summed E-state index contributed by atoms with van der Waals surface area (Å²) in [4.78, 5) is 12.9. The third kappa shape index (κ3) is 65.3. The maximum Gasteiger partial charge on any atom is 0.162 e. The van der Waals surface area contributed by atoms with Gasteiger partial charge in [0.2, 0.25) is 0 Å². The van der Waals surface area contributed by atoms with Crippen LogP contribution in [0.5, 0.6) is 28.7 Å². The van der Waals surface area contributed by atoms with Crippen molar-refractivity contribution < 1.29 is 39.4 Å². The first-order chi connectivity index (χ1) is 38.9. The number of phenolic OH excluding ortho intramolecular Hbond substituents is 1. The van der Waals surface area contributed by atoms with Gasteiger partial charge in [-0.15, -0.1) is 12.3 Å². The molecule has 3 fully saturated rings. The molecule has 0 bridgehead atoms. The van der Waals surface area contributed by atoms with Gasteiger partial charge < -0.3 is 39.4 Å². The summed E-state index contributed by atoms with van der Waals surface area (Å²) >= 11 is 11.8. The van der Waals surface area contributed by atoms with Crippen molar-refractivity contribution in [1.82, 2.24) is 14.7 Å². The number of hydrogen-bond donors (Lipinski definition) is 4. The van der Waals surface area contributed by atoms with Crippen molar-refractivity contribution in [2.75, 3.05) is 100 Å². The molecule has 3 aliphatic heterocycles. The Morgan fingerprint density at radius 2 is 0.662 bits per heavy atom. The third-order valence-electron chi connectivity index (χ3n) is 9.13. The Bertz CT molecular complexity index is 1770. The second-order valence-electron chi connectivity index (χ2n) is 14.4. The number of halogens is 4. The maximum absolute atomic E-state index is 8.63. The molecule has 11 nitrogen and oxygen atoms in total. The molecule has 4 N–H and O–H groups in total. The summed E-state index contributed by atoms with van der Waals surface area (Å²) in [5, 5.41) is 31.7. The van der Waals surface area contributed by atoms with Crippen LogP contribution in [-0.4, -0.2) is 135 Å². The van der Waals surface area contributed by atoms with Gasteiger partial charge in [0.05, 0.1) is 0 Å². The monoisotopic (exact) mass is 1470 g/mol. The predicted octanol–water partition coefficient (Wildman–Crippen LogP) is 16.5. The lowest BCUT2D eigenvalue weighted by Gasteiger charge is -2.15. The smallest absolute Gasteiger partial charge is 0.162 e. The molecule has 0 radical (unpaired) electrons. The summed E-state index contributed by atoms with van der Waals surface area (Å²) in [6, 6.07) is 48.4. The Labute approximate surface area is 534 Å². The number of alkyl halides is 4. The molecule has 0 aliphatic carbocycles. The highest BCUT2D eigenvalue weighted by Crippen LogP contribution is 2.14. The Morgan fingerprint density at radius 1 is 0.450 bits per heavy atom. The number of aliphatic hydroxyl groups is 3. The van der Waals surface area contributed by atoms with E-state index in [4.69, 9.17) is 51.0 Å². The Hall–Kier alpha value is -3.54. The van der Waals surface area contributed by atoms with Crippen molar-refractivity contribution >= 4 is 79.4 Å². The Balaban J connectivity index is -0.000000153. The van der Waals surface area contributed by atoms with Gasteiger partial charge in [-0.3, -0.25) is 14.7 Å². The molecule has 3 aliphatic rings. The lowest BCUT2D eigenvalue weighted by Crippen LogP contribution is -2.24. The number of nitrogens with zero attached hydrogens (tertiary/aromatic N) is 3. The van der Waals surface area contributed by atoms with Crippen molar-refractivity contribution in [3.05, 3.63) is 152 Å². The number of phenols is 1. The molecule has 15 heteroatoms. The van der Waals surface area contributed by atoms with Crippen molar-refractivity contribution in [3.8, 4) is 52.9 Å². The molecule has 0 saturated carbocycles. The van der Waals surface area contributed by atoms with E-state index in [1.54, 1.807) is 38.1 Å². The molecule has 5 aromatic carbocycles. The normalized spacial score (nSPS) is 11.6. The lowest BCUT2D eigenvalue weighted by atomic mass is 10.3. The molecule has 8 rings (SSSR count). The average Bonchev–Trinajstić information content (AvgIpc) is 4.38. The van der Waals surface area contributed by atoms with Crippen LogP contribution in [0.3, 0.4) is 0 Å². The molecule has 0 spiro atoms. The van der Waals surface area contributed by atoms with Crippen molar-refractivity contribution in [2.45, 2.75) is 101 Å². The number of para-hydroxylation sites is 5. The summed E-state index contributed by atoms with van der Waals surface area (Å²) in [5.74, 6) is 11.0. The van der Waals surface area contributed by atoms with E-state index >= 15 is 0 Å². The Kier molecular flexibility index (Phi) is 92.4. The largest absolute Gasteiger partial charge is 0.508 e. The van der Waals surface area contributed by atoms with Gasteiger partial charge >= 0.3 is 0 Å². The summed E-state index contributed by atoms with van der Waals surface area (Å²) in [5.41, 5.74) is 0. The highest BCUT2D eigenvalue weighted by molar-refractivity contribution is 14.1. The summed E-state index contributed by atoms with van der Waals surface area (Å²) < 4.78 is 21.8. The standard InChI is InChI=1S/3C11H15NO.C7H7ClO.C6H6O.C4H6O.C3H4O.C2H6O.3C2H6.3CH3I.CH4/c3*1-2-6-11(7-3-1)13-10-12-8-4-5-9-12;8-6-9-7-4-2-1-3-5-7;7-6-4-2-1-3-5-6;1-2-3-4-5;1-2-3-4;1-2-3;6*1-2;/h3*1-3,6-7H,4-5,8-10H2;1-5H,6H2;1-5,7H;5H,4H2,1H3;1,4H,3H2;3H,2H2,1H3;3*1-2H3;3*1H3;1H4. The molecule has 0 unspecified atom stereocenters. The minimum atomic E-state index is -0.153. The predicted molar refractivity (Wildman–Crippen MR) is 374 cm³/mol. The number of aromatic hydroxyl groups is 1. The van der Waals surface area contributed by atoms with Gasteiger partial charge in [0, 0.05) is 45.9 Å². The van der Waals surface area contributed by atoms with E-state index < -0.39 is 0 Å². The first kappa shape index (κ1) is 90.2. The minimum Gasteiger partial charge on any atom is -0.508 e. The molecule has 0 atom stereocenters. The molecular formula is C65H105ClI3N3O8. The van der Waals surface area contributed by atoms with E-state index in [1.165, 1.54) is 77.8 Å². The van der Waals surface area contributed by atoms with E-state index in [-0.39, 0.29) is 33.3 Å². The van der Waals surface area contributed by atoms with Gasteiger partial charge in [0.15, 0.2) is 6.07 Å². The molecule has 0 aromatic heterocycles. The van der Waals surface area contributed by atoms with E-state index in [9.17, 15) is 0 Å². The average molecular weight is 1470 g/mol. The molecule has 80 heavy (non-hydrogen) atoms. The fraction of sp³-hybridized carbons (Fsp3) is 0.477. The fourth-order valence-corrected chi connectivity index (χ4v) is 6.00. The summed E-state index contributed by atoms with van der Waals surface area (Å²) in [7, 11) is 0. The van der Waals surface area contributed by atoms with E-state index in [1.807, 2.05) is 190 Å². The number of aliphatic hydroxyl groups excluding tert-OH is 3. The molecule has 3 heterocycles. The fourth-order valence-electron chi connectivity index (χ4n) is 5.87. The molecule has 456 valence electrons. The summed E-state index contributed by atoms with van der Waals surface area (Å²) in [6.45, 7) is 24.8. The number of ether oxygens (including phenoxy) is 4. The molecule has 5 aromatic rings. The second kappa shape index (κ2) is 81.9. The van der Waals surface area contributed by atoms with Crippen LogP contribution >= 0.6 is 79.4 Å². The number of rotatable bonds is 11. The van der Waals surface area contributed by atoms with Crippen LogP contribution in [-0.2, 0) is 0 Å². The first-order valence-electron chi connectivity index (χ1n) is 26.9. The van der Waals surface area contributed by atoms with Crippen LogP contribution in [0.15, 0.2) is 152 Å². The number of likely N-dealkylation sites (tertiary alicyclic amines) is 3. The van der Waals surface area contributed by atoms with Gasteiger partial charge in [0.25, 0.3) is 0 Å². The van der Waals surface area contributed by atoms with Crippen LogP contribution in [0.2, 0.25) is 0 Å². The van der Waals surface area contributed by atoms with Crippen LogP contribution < -0.4 is 18.9 Å². The van der Waals surface area contributed by atoms with E-state index in [0.29, 0.717) is 5.75 Å². The molecular weight excluding hydrogens is 1370 g/mol. The second-order valence-corrected chi connectivity index (χ2v) is 14.6. The quantitative estimate of drug-likeness (QED) is 0.0573. The topological polar surface area (TPSA) is 128 Å². The SMILES string of the molecule is C.C#CCO.CC.CC.CC.CC#CCO.CCO.CI.CI.CI.ClCOc1ccccc1.Oc1ccccc1.c1ccc(OCN2CCCC2)cc1.c1ccc(OCN2CCCC2)cc1.c1ccc(OCN2CCCC2)cc1. The zero-order valence-corrected chi connectivity index (χ0v) is 56.9. The van der Waals surface area contributed by atoms with Crippen LogP contribution in [0.25, 0.3) is 0 Å². The highest BCUT2D eigenvalue weighted by Gasteiger charge is 2.12. The van der Waals surface area contributed by atoms with Crippen LogP contribution in [0.1, 0.15) is 101 Å². The van der Waals surface area contributed by atoms with Crippen molar-refractivity contribution in [1.29, 1.82) is 0 Å². The van der Waals surface area contributed by atoms with E-state index in [2.05, 4.69) is 101 Å². The zero-order chi connectivity index (χ0) is 60.7. The number of terminal acetylenes is 1. The molecule has 3 saturated heterocycles. The van der Waals surface area contributed by atoms with Gasteiger partial charge in [-0.25, -0.2) is 0 Å². The minimum absolute atomic E-state index is 0. The summed E-state index contributed by atoms with van der Waals surface area (Å²) in [6.07, 6.45) is 12.4. The first-order valence-corrected chi connectivity index (χ1v) is 33.9. The van der Waals surface area contributed by atoms with Crippen LogP contribution in [0.4, 0.5) is 0 Å². The van der Waals surface area contributed by atoms with Gasteiger partial charge in [-0.05, 0) is 128 Å². The third-order valence-corrected chi connectivity index (χ3v) is 9.24. The van der Waals surface area contributed by atoms with Crippen molar-refractivity contribution in [3.63, 3.8) is 0 Å². The van der Waals surface area contributed by atoms with Crippen molar-refractivity contribution in [2.24, 2.45) is 0 Å². The Morgan fingerprint density at radius 3 is 0.812 bits per heavy atom. The van der Waals surface area contributed by atoms with Gasteiger partial charge in [0.1, 0.15) is 62.2 Å². The number of benzene rings is 5.